The van der Waals surface area contributed by atoms with Gasteiger partial charge in [-0.25, -0.2) is 0 Å². The molecule has 0 spiro atoms. The van der Waals surface area contributed by atoms with Crippen LogP contribution in [0, 0.1) is 0 Å². The molecule has 0 amide bonds. The number of hydrogen-bond acceptors (Lipinski definition) is 7. The Morgan fingerprint density at radius 2 is 2.25 bits per heavy atom. The van der Waals surface area contributed by atoms with E-state index in [1.807, 2.05) is 11.8 Å². The van der Waals surface area contributed by atoms with E-state index in [1.54, 1.807) is 7.11 Å². The Bertz CT molecular complexity index is 389. The molecular formula is C13H23N3O3S. The van der Waals surface area contributed by atoms with Gasteiger partial charge < -0.3 is 19.3 Å². The molecule has 2 unspecified atom stereocenters. The van der Waals surface area contributed by atoms with Crippen molar-refractivity contribution in [2.75, 3.05) is 45.0 Å². The number of aromatic nitrogens is 2. The number of thioether (sulfide) groups is 1. The van der Waals surface area contributed by atoms with E-state index in [9.17, 15) is 0 Å². The van der Waals surface area contributed by atoms with Gasteiger partial charge in [-0.15, -0.1) is 0 Å². The standard InChI is InChI=1S/C13H23N3O3S/c1-3-14-11-9-20-8-10(11)13-15-12(16-19-13)4-5-18-7-6-17-2/h10-11,14H,3-9H2,1-2H3. The van der Waals surface area contributed by atoms with Gasteiger partial charge in [0.05, 0.1) is 25.7 Å². The third-order valence-corrected chi connectivity index (χ3v) is 4.44. The summed E-state index contributed by atoms with van der Waals surface area (Å²) in [6, 6.07) is 0.441. The quantitative estimate of drug-likeness (QED) is 0.684. The highest BCUT2D eigenvalue weighted by Crippen LogP contribution is 2.31. The monoisotopic (exact) mass is 301 g/mol. The topological polar surface area (TPSA) is 69.4 Å². The van der Waals surface area contributed by atoms with Crippen molar-refractivity contribution in [1.82, 2.24) is 15.5 Å². The zero-order valence-electron chi connectivity index (χ0n) is 12.1. The molecule has 1 aromatic heterocycles. The zero-order valence-corrected chi connectivity index (χ0v) is 12.9. The second kappa shape index (κ2) is 8.61. The van der Waals surface area contributed by atoms with E-state index >= 15 is 0 Å². The molecule has 0 radical (unpaired) electrons. The van der Waals surface area contributed by atoms with Gasteiger partial charge in [0.1, 0.15) is 0 Å². The Kier molecular flexibility index (Phi) is 6.78. The fourth-order valence-corrected chi connectivity index (χ4v) is 3.56. The van der Waals surface area contributed by atoms with E-state index in [0.29, 0.717) is 38.2 Å². The van der Waals surface area contributed by atoms with Crippen LogP contribution in [0.3, 0.4) is 0 Å². The normalized spacial score (nSPS) is 22.5. The highest BCUT2D eigenvalue weighted by molar-refractivity contribution is 7.99. The fourth-order valence-electron chi connectivity index (χ4n) is 2.19. The number of rotatable bonds is 9. The van der Waals surface area contributed by atoms with Gasteiger partial charge >= 0.3 is 0 Å². The first kappa shape index (κ1) is 15.8. The van der Waals surface area contributed by atoms with Crippen LogP contribution in [0.25, 0.3) is 0 Å². The van der Waals surface area contributed by atoms with Crippen LogP contribution in [-0.4, -0.2) is 61.2 Å². The Labute approximate surface area is 124 Å². The smallest absolute Gasteiger partial charge is 0.232 e. The molecular weight excluding hydrogens is 278 g/mol. The first-order valence-electron chi connectivity index (χ1n) is 7.05. The van der Waals surface area contributed by atoms with Crippen LogP contribution in [0.1, 0.15) is 24.6 Å². The third-order valence-electron chi connectivity index (χ3n) is 3.25. The second-order valence-electron chi connectivity index (χ2n) is 4.71. The van der Waals surface area contributed by atoms with Crippen molar-refractivity contribution < 1.29 is 14.0 Å². The van der Waals surface area contributed by atoms with Crippen LogP contribution in [0.4, 0.5) is 0 Å². The second-order valence-corrected chi connectivity index (χ2v) is 5.79. The summed E-state index contributed by atoms with van der Waals surface area (Å²) in [6.45, 7) is 4.90. The maximum absolute atomic E-state index is 5.41. The average molecular weight is 301 g/mol. The minimum Gasteiger partial charge on any atom is -0.382 e. The molecule has 2 atom stereocenters. The summed E-state index contributed by atoms with van der Waals surface area (Å²) in [7, 11) is 1.66. The van der Waals surface area contributed by atoms with E-state index in [2.05, 4.69) is 22.4 Å². The predicted molar refractivity (Wildman–Crippen MR) is 78.2 cm³/mol. The van der Waals surface area contributed by atoms with Crippen LogP contribution in [0.5, 0.6) is 0 Å². The minimum absolute atomic E-state index is 0.329. The van der Waals surface area contributed by atoms with Gasteiger partial charge in [0, 0.05) is 31.1 Å². The summed E-state index contributed by atoms with van der Waals surface area (Å²) in [6.07, 6.45) is 0.680. The van der Waals surface area contributed by atoms with Crippen molar-refractivity contribution in [2.45, 2.75) is 25.3 Å². The van der Waals surface area contributed by atoms with Crippen LogP contribution in [0.2, 0.25) is 0 Å². The van der Waals surface area contributed by atoms with Crippen LogP contribution >= 0.6 is 11.8 Å². The first-order chi connectivity index (χ1) is 9.85. The first-order valence-corrected chi connectivity index (χ1v) is 8.21. The average Bonchev–Trinajstić information content (AvgIpc) is 3.08. The number of nitrogens with one attached hydrogen (secondary N) is 1. The van der Waals surface area contributed by atoms with Gasteiger partial charge in [0.2, 0.25) is 5.89 Å². The molecule has 114 valence electrons. The van der Waals surface area contributed by atoms with E-state index < -0.39 is 0 Å². The molecule has 0 bridgehead atoms. The van der Waals surface area contributed by atoms with Crippen molar-refractivity contribution in [2.24, 2.45) is 0 Å². The summed E-state index contributed by atoms with van der Waals surface area (Å²) >= 11 is 1.93. The number of nitrogens with zero attached hydrogens (tertiary/aromatic N) is 2. The number of likely N-dealkylation sites (N-methyl/N-ethyl adjacent to an activating group) is 1. The Balaban J connectivity index is 1.79. The SMILES string of the molecule is CCNC1CSCC1c1nc(CCOCCOC)no1. The van der Waals surface area contributed by atoms with Crippen molar-refractivity contribution in [3.63, 3.8) is 0 Å². The van der Waals surface area contributed by atoms with Crippen LogP contribution < -0.4 is 5.32 Å². The molecule has 6 nitrogen and oxygen atoms in total. The molecule has 1 N–H and O–H groups in total. The molecule has 0 saturated carbocycles. The maximum Gasteiger partial charge on any atom is 0.232 e. The maximum atomic E-state index is 5.41. The van der Waals surface area contributed by atoms with Gasteiger partial charge in [-0.2, -0.15) is 16.7 Å². The number of methoxy groups -OCH3 is 1. The van der Waals surface area contributed by atoms with E-state index in [4.69, 9.17) is 14.0 Å². The van der Waals surface area contributed by atoms with Gasteiger partial charge in [0.25, 0.3) is 0 Å². The summed E-state index contributed by atoms with van der Waals surface area (Å²) in [4.78, 5) is 4.50. The molecule has 1 fully saturated rings. The lowest BCUT2D eigenvalue weighted by atomic mass is 10.0. The lowest BCUT2D eigenvalue weighted by molar-refractivity contribution is 0.0714. The zero-order chi connectivity index (χ0) is 14.2. The number of hydrogen-bond donors (Lipinski definition) is 1. The third kappa shape index (κ3) is 4.44. The van der Waals surface area contributed by atoms with Crippen LogP contribution in [-0.2, 0) is 15.9 Å². The van der Waals surface area contributed by atoms with Gasteiger partial charge in [0.15, 0.2) is 5.82 Å². The van der Waals surface area contributed by atoms with Crippen LogP contribution in [0.15, 0.2) is 4.52 Å². The van der Waals surface area contributed by atoms with Gasteiger partial charge in [-0.05, 0) is 6.54 Å². The lowest BCUT2D eigenvalue weighted by Gasteiger charge is -2.15. The number of ether oxygens (including phenoxy) is 2. The summed E-state index contributed by atoms with van der Waals surface area (Å²) in [5.41, 5.74) is 0. The van der Waals surface area contributed by atoms with E-state index in [1.165, 1.54) is 0 Å². The van der Waals surface area contributed by atoms with Gasteiger partial charge in [-0.3, -0.25) is 0 Å². The van der Waals surface area contributed by atoms with Crippen molar-refractivity contribution in [1.29, 1.82) is 0 Å². The Morgan fingerprint density at radius 1 is 1.35 bits per heavy atom. The molecule has 2 rings (SSSR count). The fraction of sp³-hybridized carbons (Fsp3) is 0.846. The van der Waals surface area contributed by atoms with Crippen molar-refractivity contribution in [3.05, 3.63) is 11.7 Å². The largest absolute Gasteiger partial charge is 0.382 e. The predicted octanol–water partition coefficient (Wildman–Crippen LogP) is 1.08. The Hall–Kier alpha value is -0.630. The van der Waals surface area contributed by atoms with Gasteiger partial charge in [-0.1, -0.05) is 12.1 Å². The molecule has 0 aliphatic carbocycles. The summed E-state index contributed by atoms with van der Waals surface area (Å²) < 4.78 is 15.7. The molecule has 0 aromatic carbocycles. The molecule has 7 heteroatoms. The highest BCUT2D eigenvalue weighted by Gasteiger charge is 2.32. The molecule has 1 saturated heterocycles. The molecule has 1 aliphatic rings. The summed E-state index contributed by atoms with van der Waals surface area (Å²) in [5.74, 6) is 3.97. The molecule has 2 heterocycles. The Morgan fingerprint density at radius 3 is 3.05 bits per heavy atom. The van der Waals surface area contributed by atoms with Crippen molar-refractivity contribution >= 4 is 11.8 Å². The van der Waals surface area contributed by atoms with E-state index in [0.717, 1.165) is 29.8 Å². The molecule has 1 aliphatic heterocycles. The minimum atomic E-state index is 0.329. The highest BCUT2D eigenvalue weighted by atomic mass is 32.2. The van der Waals surface area contributed by atoms with Crippen molar-refractivity contribution in [3.8, 4) is 0 Å². The molecule has 20 heavy (non-hydrogen) atoms. The summed E-state index contributed by atoms with van der Waals surface area (Å²) in [5, 5.41) is 7.52. The molecule has 1 aromatic rings. The van der Waals surface area contributed by atoms with E-state index in [-0.39, 0.29) is 0 Å². The lowest BCUT2D eigenvalue weighted by Crippen LogP contribution is -2.34.